The summed E-state index contributed by atoms with van der Waals surface area (Å²) >= 11 is 0. The summed E-state index contributed by atoms with van der Waals surface area (Å²) in [6, 6.07) is 13.7. The molecule has 178 valence electrons. The number of halogens is 3. The minimum atomic E-state index is -1.08. The number of ether oxygens (including phenoxy) is 2. The number of carbonyl (C=O) groups is 2. The molecule has 0 aliphatic heterocycles. The smallest absolute Gasteiger partial charge is 0.326 e. The maximum atomic E-state index is 14.8. The molecule has 0 aromatic heterocycles. The third kappa shape index (κ3) is 5.57. The molecule has 0 N–H and O–H groups in total. The lowest BCUT2D eigenvalue weighted by Gasteiger charge is -2.26. The summed E-state index contributed by atoms with van der Waals surface area (Å²) in [7, 11) is 1.34. The highest BCUT2D eigenvalue weighted by molar-refractivity contribution is 6.09. The quantitative estimate of drug-likeness (QED) is 0.429. The average Bonchev–Trinajstić information content (AvgIpc) is 2.76. The van der Waals surface area contributed by atoms with Gasteiger partial charge in [0.25, 0.3) is 5.91 Å². The van der Waals surface area contributed by atoms with Crippen LogP contribution in [0.5, 0.6) is 5.75 Å². The Hall–Kier alpha value is -3.81. The number of hydrogen-bond acceptors (Lipinski definition) is 4. The van der Waals surface area contributed by atoms with Gasteiger partial charge in [-0.25, -0.2) is 13.2 Å². The first-order valence-corrected chi connectivity index (χ1v) is 10.4. The topological polar surface area (TPSA) is 55.8 Å². The van der Waals surface area contributed by atoms with Crippen molar-refractivity contribution in [3.63, 3.8) is 0 Å². The van der Waals surface area contributed by atoms with Gasteiger partial charge in [0.2, 0.25) is 0 Å². The number of rotatable bonds is 6. The van der Waals surface area contributed by atoms with Crippen LogP contribution in [0.15, 0.2) is 60.7 Å². The van der Waals surface area contributed by atoms with E-state index in [1.165, 1.54) is 37.4 Å². The Kier molecular flexibility index (Phi) is 7.29. The lowest BCUT2D eigenvalue weighted by molar-refractivity contribution is -0.152. The molecule has 0 saturated carbocycles. The van der Waals surface area contributed by atoms with E-state index in [9.17, 15) is 22.8 Å². The molecule has 0 atom stereocenters. The van der Waals surface area contributed by atoms with Crippen LogP contribution in [0.3, 0.4) is 0 Å². The molecule has 0 saturated heterocycles. The van der Waals surface area contributed by atoms with Gasteiger partial charge < -0.3 is 9.47 Å². The Morgan fingerprint density at radius 3 is 2.15 bits per heavy atom. The number of carbonyl (C=O) groups excluding carboxylic acids is 2. The van der Waals surface area contributed by atoms with Crippen molar-refractivity contribution in [3.05, 3.63) is 83.7 Å². The van der Waals surface area contributed by atoms with Gasteiger partial charge >= 0.3 is 5.97 Å². The number of anilines is 1. The Morgan fingerprint density at radius 2 is 1.53 bits per heavy atom. The van der Waals surface area contributed by atoms with Crippen LogP contribution in [0.25, 0.3) is 11.1 Å². The molecular weight excluding hydrogens is 447 g/mol. The third-order valence-corrected chi connectivity index (χ3v) is 4.78. The van der Waals surface area contributed by atoms with Gasteiger partial charge in [0, 0.05) is 11.3 Å². The second-order valence-corrected chi connectivity index (χ2v) is 8.45. The first kappa shape index (κ1) is 24.8. The molecule has 0 radical (unpaired) electrons. The molecule has 0 aliphatic carbocycles. The van der Waals surface area contributed by atoms with Gasteiger partial charge in [0.1, 0.15) is 29.3 Å². The first-order valence-electron chi connectivity index (χ1n) is 10.4. The van der Waals surface area contributed by atoms with Crippen molar-refractivity contribution < 1.29 is 32.2 Å². The van der Waals surface area contributed by atoms with E-state index in [4.69, 9.17) is 9.47 Å². The minimum absolute atomic E-state index is 0.0259. The van der Waals surface area contributed by atoms with Crippen LogP contribution in [0.4, 0.5) is 18.9 Å². The highest BCUT2D eigenvalue weighted by Crippen LogP contribution is 2.32. The van der Waals surface area contributed by atoms with E-state index in [-0.39, 0.29) is 17.0 Å². The maximum Gasteiger partial charge on any atom is 0.326 e. The molecule has 0 spiro atoms. The van der Waals surface area contributed by atoms with Crippen LogP contribution < -0.4 is 9.64 Å². The normalized spacial score (nSPS) is 11.1. The molecule has 3 rings (SSSR count). The molecule has 34 heavy (non-hydrogen) atoms. The molecule has 1 amide bonds. The van der Waals surface area contributed by atoms with Crippen molar-refractivity contribution in [2.24, 2.45) is 0 Å². The molecule has 0 fully saturated rings. The Balaban J connectivity index is 2.09. The number of benzene rings is 3. The van der Waals surface area contributed by atoms with Gasteiger partial charge in [-0.3, -0.25) is 14.5 Å². The molecule has 5 nitrogen and oxygen atoms in total. The minimum Gasteiger partial charge on any atom is -0.494 e. The van der Waals surface area contributed by atoms with Crippen molar-refractivity contribution in [2.45, 2.75) is 26.4 Å². The van der Waals surface area contributed by atoms with Gasteiger partial charge in [-0.05, 0) is 56.7 Å². The molecule has 8 heteroatoms. The summed E-state index contributed by atoms with van der Waals surface area (Å²) in [5.41, 5.74) is -0.990. The number of hydrogen-bond donors (Lipinski definition) is 0. The zero-order valence-corrected chi connectivity index (χ0v) is 19.2. The zero-order valence-electron chi connectivity index (χ0n) is 19.2. The summed E-state index contributed by atoms with van der Waals surface area (Å²) in [5, 5.41) is 0. The number of amides is 1. The SMILES string of the molecule is COc1cccc(-c2cccc(N(CC(=O)OC(C)(C)C)C(=O)c3c(F)cccc3F)c2)c1F. The second-order valence-electron chi connectivity index (χ2n) is 8.45. The lowest BCUT2D eigenvalue weighted by atomic mass is 10.0. The van der Waals surface area contributed by atoms with E-state index in [0.29, 0.717) is 5.56 Å². The van der Waals surface area contributed by atoms with Gasteiger partial charge in [-0.1, -0.05) is 30.3 Å². The summed E-state index contributed by atoms with van der Waals surface area (Å²) in [6.45, 7) is 4.34. The Labute approximate surface area is 195 Å². The molecule has 0 heterocycles. The van der Waals surface area contributed by atoms with Crippen molar-refractivity contribution in [2.75, 3.05) is 18.6 Å². The summed E-state index contributed by atoms with van der Waals surface area (Å²) < 4.78 is 54.0. The van der Waals surface area contributed by atoms with Crippen LogP contribution in [0.1, 0.15) is 31.1 Å². The van der Waals surface area contributed by atoms with Crippen molar-refractivity contribution in [1.29, 1.82) is 0 Å². The zero-order chi connectivity index (χ0) is 25.0. The van der Waals surface area contributed by atoms with E-state index in [1.54, 1.807) is 32.9 Å². The summed E-state index contributed by atoms with van der Waals surface area (Å²) in [6.07, 6.45) is 0. The predicted molar refractivity (Wildman–Crippen MR) is 122 cm³/mol. The number of methoxy groups -OCH3 is 1. The fraction of sp³-hybridized carbons (Fsp3) is 0.231. The lowest BCUT2D eigenvalue weighted by Crippen LogP contribution is -2.39. The van der Waals surface area contributed by atoms with Crippen LogP contribution >= 0.6 is 0 Å². The molecule has 0 unspecified atom stereocenters. The number of esters is 1. The maximum absolute atomic E-state index is 14.8. The third-order valence-electron chi connectivity index (χ3n) is 4.78. The fourth-order valence-electron chi connectivity index (χ4n) is 3.35. The summed E-state index contributed by atoms with van der Waals surface area (Å²) in [5.74, 6) is -4.60. The number of nitrogens with zero attached hydrogens (tertiary/aromatic N) is 1. The monoisotopic (exact) mass is 471 g/mol. The van der Waals surface area contributed by atoms with Gasteiger partial charge in [-0.2, -0.15) is 0 Å². The van der Waals surface area contributed by atoms with Crippen molar-refractivity contribution in [1.82, 2.24) is 0 Å². The van der Waals surface area contributed by atoms with Crippen LogP contribution in [-0.2, 0) is 9.53 Å². The van der Waals surface area contributed by atoms with Gasteiger partial charge in [0.15, 0.2) is 11.6 Å². The Bertz CT molecular complexity index is 1200. The molecule has 0 aliphatic rings. The molecule has 0 bridgehead atoms. The van der Waals surface area contributed by atoms with Crippen molar-refractivity contribution >= 4 is 17.6 Å². The Morgan fingerprint density at radius 1 is 0.912 bits per heavy atom. The molecular formula is C26H24F3NO4. The van der Waals surface area contributed by atoms with E-state index in [0.717, 1.165) is 23.1 Å². The van der Waals surface area contributed by atoms with Crippen LogP contribution in [0.2, 0.25) is 0 Å². The highest BCUT2D eigenvalue weighted by Gasteiger charge is 2.28. The second kappa shape index (κ2) is 9.99. The average molecular weight is 471 g/mol. The predicted octanol–water partition coefficient (Wildman–Crippen LogP) is 5.77. The molecule has 3 aromatic rings. The van der Waals surface area contributed by atoms with Gasteiger partial charge in [-0.15, -0.1) is 0 Å². The largest absolute Gasteiger partial charge is 0.494 e. The van der Waals surface area contributed by atoms with Gasteiger partial charge in [0.05, 0.1) is 7.11 Å². The van der Waals surface area contributed by atoms with E-state index in [1.807, 2.05) is 0 Å². The van der Waals surface area contributed by atoms with E-state index < -0.39 is 47.0 Å². The standard InChI is InChI=1S/C26H24F3NO4/c1-26(2,3)34-22(31)15-30(25(32)23-19(27)11-7-12-20(23)28)17-9-5-8-16(14-17)18-10-6-13-21(33-4)24(18)29/h5-14H,15H2,1-4H3. The first-order chi connectivity index (χ1) is 16.0. The molecule has 3 aromatic carbocycles. The highest BCUT2D eigenvalue weighted by atomic mass is 19.1. The van der Waals surface area contributed by atoms with Crippen LogP contribution in [-0.4, -0.2) is 31.1 Å². The summed E-state index contributed by atoms with van der Waals surface area (Å²) in [4.78, 5) is 26.7. The fourth-order valence-corrected chi connectivity index (χ4v) is 3.35. The van der Waals surface area contributed by atoms with E-state index in [2.05, 4.69) is 0 Å². The van der Waals surface area contributed by atoms with E-state index >= 15 is 0 Å². The van der Waals surface area contributed by atoms with Crippen LogP contribution in [0, 0.1) is 17.5 Å². The van der Waals surface area contributed by atoms with Crippen molar-refractivity contribution in [3.8, 4) is 16.9 Å².